The highest BCUT2D eigenvalue weighted by molar-refractivity contribution is 5.99. The van der Waals surface area contributed by atoms with Crippen LogP contribution in [0.15, 0.2) is 54.9 Å². The zero-order valence-electron chi connectivity index (χ0n) is 17.3. The number of hydrogen-bond donors (Lipinski definition) is 1. The summed E-state index contributed by atoms with van der Waals surface area (Å²) >= 11 is 0. The van der Waals surface area contributed by atoms with E-state index in [1.54, 1.807) is 49.7 Å². The summed E-state index contributed by atoms with van der Waals surface area (Å²) in [6.07, 6.45) is 6.84. The van der Waals surface area contributed by atoms with Crippen molar-refractivity contribution < 1.29 is 23.8 Å². The molecule has 1 unspecified atom stereocenters. The molecule has 0 radical (unpaired) electrons. The van der Waals surface area contributed by atoms with E-state index in [0.29, 0.717) is 30.3 Å². The first kappa shape index (κ1) is 19.6. The van der Waals surface area contributed by atoms with Gasteiger partial charge in [-0.3, -0.25) is 14.6 Å². The lowest BCUT2D eigenvalue weighted by Gasteiger charge is -2.23. The van der Waals surface area contributed by atoms with Gasteiger partial charge < -0.3 is 24.4 Å². The second kappa shape index (κ2) is 7.39. The van der Waals surface area contributed by atoms with Crippen LogP contribution in [0.5, 0.6) is 11.5 Å². The number of carbonyl (C=O) groups is 2. The number of fused-ring (bicyclic) bond motifs is 1. The van der Waals surface area contributed by atoms with Gasteiger partial charge in [0.1, 0.15) is 17.1 Å². The minimum atomic E-state index is -0.747. The molecule has 1 aromatic heterocycles. The molecule has 1 N–H and O–H groups in total. The van der Waals surface area contributed by atoms with Gasteiger partial charge in [0.25, 0.3) is 0 Å². The number of nitrogens with zero attached hydrogens (tertiary/aromatic N) is 2. The Balaban J connectivity index is 1.38. The molecule has 3 aliphatic heterocycles. The van der Waals surface area contributed by atoms with Crippen LogP contribution in [0.25, 0.3) is 0 Å². The third kappa shape index (κ3) is 3.23. The number of anilines is 1. The van der Waals surface area contributed by atoms with Crippen molar-refractivity contribution in [3.63, 3.8) is 0 Å². The maximum atomic E-state index is 13.3. The lowest BCUT2D eigenvalue weighted by atomic mass is 9.77. The zero-order chi connectivity index (χ0) is 21.6. The van der Waals surface area contributed by atoms with Crippen molar-refractivity contribution in [2.24, 2.45) is 11.8 Å². The van der Waals surface area contributed by atoms with E-state index in [-0.39, 0.29) is 11.8 Å². The highest BCUT2D eigenvalue weighted by atomic mass is 16.5. The van der Waals surface area contributed by atoms with E-state index in [2.05, 4.69) is 10.3 Å². The Morgan fingerprint density at radius 2 is 1.94 bits per heavy atom. The van der Waals surface area contributed by atoms with Crippen LogP contribution in [0.4, 0.5) is 5.69 Å². The maximum Gasteiger partial charge on any atom is 0.231 e. The molecule has 3 aliphatic rings. The molecular formula is C23H23N3O5. The summed E-state index contributed by atoms with van der Waals surface area (Å²) < 4.78 is 16.7. The van der Waals surface area contributed by atoms with Crippen LogP contribution < -0.4 is 14.8 Å². The van der Waals surface area contributed by atoms with Crippen molar-refractivity contribution in [2.45, 2.75) is 18.2 Å². The molecule has 2 aromatic rings. The summed E-state index contributed by atoms with van der Waals surface area (Å²) in [5, 5.41) is 2.92. The van der Waals surface area contributed by atoms with E-state index in [1.165, 1.54) is 0 Å². The minimum absolute atomic E-state index is 0.0629. The summed E-state index contributed by atoms with van der Waals surface area (Å²) in [5.41, 5.74) is 0.784. The van der Waals surface area contributed by atoms with Crippen molar-refractivity contribution in [3.05, 3.63) is 60.4 Å². The number of likely N-dealkylation sites (tertiary alicyclic amines) is 1. The zero-order valence-corrected chi connectivity index (χ0v) is 17.3. The Morgan fingerprint density at radius 3 is 2.61 bits per heavy atom. The van der Waals surface area contributed by atoms with Crippen LogP contribution in [0.1, 0.15) is 5.56 Å². The quantitative estimate of drug-likeness (QED) is 0.718. The molecule has 1 aromatic carbocycles. The number of rotatable bonds is 6. The molecule has 31 heavy (non-hydrogen) atoms. The summed E-state index contributed by atoms with van der Waals surface area (Å²) in [4.78, 5) is 32.4. The van der Waals surface area contributed by atoms with E-state index in [9.17, 15) is 9.59 Å². The van der Waals surface area contributed by atoms with Gasteiger partial charge in [0.05, 0.1) is 38.7 Å². The maximum absolute atomic E-state index is 13.3. The standard InChI is InChI=1S/C23H23N3O5/c1-29-16-9-15(10-17(11-16)30-2)25-21(27)19-18-3-6-23(31-18)13-26(22(28)20(19)23)12-14-4-7-24-8-5-14/h3-11,18-20H,12-13H2,1-2H3,(H,25,27)/t18-,19?,20+,23-/m1/s1. The Kier molecular flexibility index (Phi) is 4.66. The van der Waals surface area contributed by atoms with Gasteiger partial charge in [-0.1, -0.05) is 12.2 Å². The monoisotopic (exact) mass is 421 g/mol. The molecule has 1 spiro atoms. The number of hydrogen-bond acceptors (Lipinski definition) is 6. The molecule has 2 bridgehead atoms. The molecule has 4 heterocycles. The topological polar surface area (TPSA) is 90.0 Å². The molecular weight excluding hydrogens is 398 g/mol. The third-order valence-corrected chi connectivity index (χ3v) is 6.22. The van der Waals surface area contributed by atoms with Crippen LogP contribution in [-0.4, -0.2) is 54.2 Å². The molecule has 2 saturated heterocycles. The minimum Gasteiger partial charge on any atom is -0.497 e. The van der Waals surface area contributed by atoms with Gasteiger partial charge in [0.15, 0.2) is 0 Å². The third-order valence-electron chi connectivity index (χ3n) is 6.22. The summed E-state index contributed by atoms with van der Waals surface area (Å²) in [6, 6.07) is 8.92. The normalized spacial score (nSPS) is 28.0. The van der Waals surface area contributed by atoms with Gasteiger partial charge in [-0.2, -0.15) is 0 Å². The Bertz CT molecular complexity index is 1030. The predicted octanol–water partition coefficient (Wildman–Crippen LogP) is 2.02. The summed E-state index contributed by atoms with van der Waals surface area (Å²) in [5.74, 6) is -0.331. The van der Waals surface area contributed by atoms with Crippen molar-refractivity contribution >= 4 is 17.5 Å². The molecule has 8 nitrogen and oxygen atoms in total. The Morgan fingerprint density at radius 1 is 1.23 bits per heavy atom. The largest absolute Gasteiger partial charge is 0.497 e. The highest BCUT2D eigenvalue weighted by Crippen LogP contribution is 2.52. The molecule has 0 saturated carbocycles. The van der Waals surface area contributed by atoms with E-state index in [0.717, 1.165) is 5.56 Å². The number of methoxy groups -OCH3 is 2. The molecule has 2 fully saturated rings. The van der Waals surface area contributed by atoms with Crippen LogP contribution >= 0.6 is 0 Å². The average molecular weight is 421 g/mol. The second-order valence-corrected chi connectivity index (χ2v) is 8.04. The van der Waals surface area contributed by atoms with Gasteiger partial charge in [-0.25, -0.2) is 0 Å². The number of nitrogens with one attached hydrogen (secondary N) is 1. The number of carbonyl (C=O) groups excluding carboxylic acids is 2. The molecule has 0 aliphatic carbocycles. The number of benzene rings is 1. The average Bonchev–Trinajstić information content (AvgIpc) is 3.42. The summed E-state index contributed by atoms with van der Waals surface area (Å²) in [6.45, 7) is 0.894. The van der Waals surface area contributed by atoms with Crippen molar-refractivity contribution in [2.75, 3.05) is 26.1 Å². The van der Waals surface area contributed by atoms with Crippen molar-refractivity contribution in [1.82, 2.24) is 9.88 Å². The van der Waals surface area contributed by atoms with Gasteiger partial charge >= 0.3 is 0 Å². The molecule has 160 valence electrons. The lowest BCUT2D eigenvalue weighted by Crippen LogP contribution is -2.41. The van der Waals surface area contributed by atoms with E-state index in [1.807, 2.05) is 24.3 Å². The molecule has 4 atom stereocenters. The predicted molar refractivity (Wildman–Crippen MR) is 112 cm³/mol. The van der Waals surface area contributed by atoms with E-state index in [4.69, 9.17) is 14.2 Å². The lowest BCUT2D eigenvalue weighted by molar-refractivity contribution is -0.136. The Hall–Kier alpha value is -3.39. The fourth-order valence-electron chi connectivity index (χ4n) is 4.83. The van der Waals surface area contributed by atoms with E-state index < -0.39 is 23.5 Å². The number of amides is 2. The fraction of sp³-hybridized carbons (Fsp3) is 0.348. The molecule has 2 amide bonds. The first-order valence-electron chi connectivity index (χ1n) is 10.1. The SMILES string of the molecule is COc1cc(NC(=O)C2[C@H]3C(=O)N(Cc4ccncc4)C[C@]34C=C[C@H]2O4)cc(OC)c1. The van der Waals surface area contributed by atoms with Gasteiger partial charge in [-0.05, 0) is 17.7 Å². The van der Waals surface area contributed by atoms with E-state index >= 15 is 0 Å². The number of pyridine rings is 1. The van der Waals surface area contributed by atoms with Gasteiger partial charge in [-0.15, -0.1) is 0 Å². The second-order valence-electron chi connectivity index (χ2n) is 8.04. The number of ether oxygens (including phenoxy) is 3. The van der Waals surface area contributed by atoms with Crippen molar-refractivity contribution in [1.29, 1.82) is 0 Å². The van der Waals surface area contributed by atoms with Crippen LogP contribution in [0.2, 0.25) is 0 Å². The van der Waals surface area contributed by atoms with Gasteiger partial charge in [0, 0.05) is 42.8 Å². The highest BCUT2D eigenvalue weighted by Gasteiger charge is 2.66. The number of aromatic nitrogens is 1. The van der Waals surface area contributed by atoms with Crippen LogP contribution in [-0.2, 0) is 20.9 Å². The first-order valence-corrected chi connectivity index (χ1v) is 10.1. The fourth-order valence-corrected chi connectivity index (χ4v) is 4.83. The molecule has 5 rings (SSSR count). The van der Waals surface area contributed by atoms with Crippen LogP contribution in [0, 0.1) is 11.8 Å². The molecule has 8 heteroatoms. The van der Waals surface area contributed by atoms with Crippen molar-refractivity contribution in [3.8, 4) is 11.5 Å². The Labute approximate surface area is 179 Å². The first-order chi connectivity index (χ1) is 15.0. The summed E-state index contributed by atoms with van der Waals surface area (Å²) in [7, 11) is 3.10. The van der Waals surface area contributed by atoms with Gasteiger partial charge in [0.2, 0.25) is 11.8 Å². The smallest absolute Gasteiger partial charge is 0.231 e. The van der Waals surface area contributed by atoms with Crippen LogP contribution in [0.3, 0.4) is 0 Å².